The van der Waals surface area contributed by atoms with Crippen molar-refractivity contribution in [1.29, 1.82) is 0 Å². The number of nitrogens with zero attached hydrogens (tertiary/aromatic N) is 2. The maximum absolute atomic E-state index is 12.4. The summed E-state index contributed by atoms with van der Waals surface area (Å²) in [4.78, 5) is 14.7. The topological polar surface area (TPSA) is 67.6 Å². The van der Waals surface area contributed by atoms with Gasteiger partial charge in [-0.2, -0.15) is 0 Å². The molecule has 0 radical (unpaired) electrons. The first kappa shape index (κ1) is 17.9. The van der Waals surface area contributed by atoms with Crippen LogP contribution in [0.3, 0.4) is 0 Å². The average Bonchev–Trinajstić information content (AvgIpc) is 3.11. The lowest BCUT2D eigenvalue weighted by atomic mass is 10.0. The molecule has 2 heterocycles. The van der Waals surface area contributed by atoms with E-state index in [0.717, 1.165) is 31.9 Å². The van der Waals surface area contributed by atoms with Crippen LogP contribution in [0.5, 0.6) is 0 Å². The summed E-state index contributed by atoms with van der Waals surface area (Å²) in [5.74, 6) is 0.291. The molecule has 1 saturated heterocycles. The highest BCUT2D eigenvalue weighted by molar-refractivity contribution is 6.30. The predicted molar refractivity (Wildman–Crippen MR) is 95.8 cm³/mol. The Balaban J connectivity index is 1.61. The van der Waals surface area contributed by atoms with Crippen molar-refractivity contribution in [2.24, 2.45) is 0 Å². The van der Waals surface area contributed by atoms with Crippen molar-refractivity contribution >= 4 is 17.5 Å². The van der Waals surface area contributed by atoms with Gasteiger partial charge in [0, 0.05) is 41.8 Å². The summed E-state index contributed by atoms with van der Waals surface area (Å²) in [7, 11) is 0. The minimum absolute atomic E-state index is 0.151. The van der Waals surface area contributed by atoms with Gasteiger partial charge in [-0.15, -0.1) is 0 Å². The van der Waals surface area contributed by atoms with E-state index in [4.69, 9.17) is 20.9 Å². The highest BCUT2D eigenvalue weighted by atomic mass is 35.5. The number of ether oxygens (including phenoxy) is 1. The Morgan fingerprint density at radius 3 is 2.64 bits per heavy atom. The fourth-order valence-electron chi connectivity index (χ4n) is 2.80. The third-order valence-electron chi connectivity index (χ3n) is 4.42. The Morgan fingerprint density at radius 1 is 1.28 bits per heavy atom. The molecule has 0 aliphatic carbocycles. The molecule has 1 aliphatic heterocycles. The minimum Gasteiger partial charge on any atom is -0.379 e. The fraction of sp³-hybridized carbons (Fsp3) is 0.444. The van der Waals surface area contributed by atoms with Crippen LogP contribution in [0.1, 0.15) is 24.3 Å². The Bertz CT molecular complexity index is 721. The van der Waals surface area contributed by atoms with Gasteiger partial charge in [0.1, 0.15) is 0 Å². The minimum atomic E-state index is -0.245. The zero-order chi connectivity index (χ0) is 17.9. The van der Waals surface area contributed by atoms with Crippen molar-refractivity contribution in [1.82, 2.24) is 15.4 Å². The first-order chi connectivity index (χ1) is 12.0. The zero-order valence-corrected chi connectivity index (χ0v) is 15.2. The van der Waals surface area contributed by atoms with Crippen LogP contribution < -0.4 is 5.32 Å². The van der Waals surface area contributed by atoms with E-state index in [1.54, 1.807) is 18.2 Å². The zero-order valence-electron chi connectivity index (χ0n) is 14.4. The van der Waals surface area contributed by atoms with E-state index in [9.17, 15) is 4.79 Å². The molecule has 0 spiro atoms. The summed E-state index contributed by atoms with van der Waals surface area (Å²) in [5.41, 5.74) is 0.940. The lowest BCUT2D eigenvalue weighted by molar-refractivity contribution is -0.00925. The number of hydrogen-bond donors (Lipinski definition) is 1. The molecule has 134 valence electrons. The molecule has 0 unspecified atom stereocenters. The molecule has 1 N–H and O–H groups in total. The van der Waals surface area contributed by atoms with Gasteiger partial charge in [-0.3, -0.25) is 9.69 Å². The van der Waals surface area contributed by atoms with Gasteiger partial charge in [-0.1, -0.05) is 16.8 Å². The fourth-order valence-corrected chi connectivity index (χ4v) is 2.93. The van der Waals surface area contributed by atoms with Crippen molar-refractivity contribution < 1.29 is 14.1 Å². The Labute approximate surface area is 152 Å². The van der Waals surface area contributed by atoms with Crippen LogP contribution in [0, 0.1) is 0 Å². The van der Waals surface area contributed by atoms with Gasteiger partial charge in [0.25, 0.3) is 5.91 Å². The first-order valence-electron chi connectivity index (χ1n) is 8.29. The quantitative estimate of drug-likeness (QED) is 0.884. The van der Waals surface area contributed by atoms with Gasteiger partial charge < -0.3 is 14.6 Å². The van der Waals surface area contributed by atoms with E-state index in [2.05, 4.69) is 29.2 Å². The average molecular weight is 364 g/mol. The van der Waals surface area contributed by atoms with Crippen LogP contribution >= 0.6 is 11.6 Å². The van der Waals surface area contributed by atoms with Crippen LogP contribution in [0.4, 0.5) is 0 Å². The predicted octanol–water partition coefficient (Wildman–Crippen LogP) is 2.84. The van der Waals surface area contributed by atoms with Crippen LogP contribution in [-0.2, 0) is 4.74 Å². The molecule has 3 rings (SSSR count). The summed E-state index contributed by atoms with van der Waals surface area (Å²) in [6.07, 6.45) is 0. The van der Waals surface area contributed by atoms with Gasteiger partial charge in [0.05, 0.1) is 13.2 Å². The van der Waals surface area contributed by atoms with Gasteiger partial charge >= 0.3 is 0 Å². The van der Waals surface area contributed by atoms with Gasteiger partial charge in [0.15, 0.2) is 11.5 Å². The Hall–Kier alpha value is -1.89. The number of halogens is 1. The van der Waals surface area contributed by atoms with Crippen LogP contribution in [0.2, 0.25) is 5.02 Å². The largest absolute Gasteiger partial charge is 0.379 e. The third kappa shape index (κ3) is 4.39. The maximum atomic E-state index is 12.4. The molecular formula is C18H22ClN3O3. The maximum Gasteiger partial charge on any atom is 0.273 e. The van der Waals surface area contributed by atoms with Crippen LogP contribution in [0.25, 0.3) is 11.3 Å². The lowest BCUT2D eigenvalue weighted by Gasteiger charge is -2.40. The Morgan fingerprint density at radius 2 is 1.96 bits per heavy atom. The number of benzene rings is 1. The van der Waals surface area contributed by atoms with Gasteiger partial charge in [-0.05, 0) is 38.1 Å². The molecule has 0 atom stereocenters. The number of nitrogens with one attached hydrogen (secondary N) is 1. The highest BCUT2D eigenvalue weighted by Gasteiger charge is 2.29. The van der Waals surface area contributed by atoms with Crippen molar-refractivity contribution in [3.8, 4) is 11.3 Å². The SMILES string of the molecule is CC(C)(CNC(=O)c1cc(-c2ccc(Cl)cc2)on1)N1CCOCC1. The number of hydrogen-bond acceptors (Lipinski definition) is 5. The van der Waals surface area contributed by atoms with Gasteiger partial charge in [0.2, 0.25) is 0 Å². The third-order valence-corrected chi connectivity index (χ3v) is 4.67. The van der Waals surface area contributed by atoms with Crippen molar-refractivity contribution in [3.05, 3.63) is 41.0 Å². The molecule has 1 aromatic heterocycles. The summed E-state index contributed by atoms with van der Waals surface area (Å²) in [6.45, 7) is 7.94. The molecule has 7 heteroatoms. The van der Waals surface area contributed by atoms with Crippen LogP contribution in [0.15, 0.2) is 34.9 Å². The number of rotatable bonds is 5. The molecular weight excluding hydrogens is 342 g/mol. The van der Waals surface area contributed by atoms with Crippen molar-refractivity contribution in [2.45, 2.75) is 19.4 Å². The second-order valence-electron chi connectivity index (χ2n) is 6.68. The summed E-state index contributed by atoms with van der Waals surface area (Å²) in [5, 5.41) is 7.46. The molecule has 25 heavy (non-hydrogen) atoms. The first-order valence-corrected chi connectivity index (χ1v) is 8.67. The van der Waals surface area contributed by atoms with E-state index < -0.39 is 0 Å². The van der Waals surface area contributed by atoms with Crippen molar-refractivity contribution in [3.63, 3.8) is 0 Å². The number of carbonyl (C=O) groups is 1. The van der Waals surface area contributed by atoms with E-state index >= 15 is 0 Å². The molecule has 0 bridgehead atoms. The molecule has 0 saturated carbocycles. The number of morpholine rings is 1. The lowest BCUT2D eigenvalue weighted by Crippen LogP contribution is -2.55. The van der Waals surface area contributed by atoms with Crippen molar-refractivity contribution in [2.75, 3.05) is 32.8 Å². The standard InChI is InChI=1S/C18H22ClN3O3/c1-18(2,22-7-9-24-10-8-22)12-20-17(23)15-11-16(25-21-15)13-3-5-14(19)6-4-13/h3-6,11H,7-10,12H2,1-2H3,(H,20,23). The summed E-state index contributed by atoms with van der Waals surface area (Å²) < 4.78 is 10.7. The smallest absolute Gasteiger partial charge is 0.273 e. The van der Waals surface area contributed by atoms with E-state index in [1.165, 1.54) is 0 Å². The number of carbonyl (C=O) groups excluding carboxylic acids is 1. The second-order valence-corrected chi connectivity index (χ2v) is 7.11. The molecule has 1 fully saturated rings. The van der Waals surface area contributed by atoms with E-state index in [-0.39, 0.29) is 17.1 Å². The van der Waals surface area contributed by atoms with E-state index in [0.29, 0.717) is 17.3 Å². The van der Waals surface area contributed by atoms with Crippen LogP contribution in [-0.4, -0.2) is 54.4 Å². The normalized spacial score (nSPS) is 16.0. The number of aromatic nitrogens is 1. The molecule has 1 aromatic carbocycles. The Kier molecular flexibility index (Phi) is 5.42. The summed E-state index contributed by atoms with van der Waals surface area (Å²) in [6, 6.07) is 8.83. The molecule has 6 nitrogen and oxygen atoms in total. The highest BCUT2D eigenvalue weighted by Crippen LogP contribution is 2.22. The monoisotopic (exact) mass is 363 g/mol. The second kappa shape index (κ2) is 7.56. The molecule has 1 amide bonds. The summed E-state index contributed by atoms with van der Waals surface area (Å²) >= 11 is 5.88. The molecule has 1 aliphatic rings. The molecule has 2 aromatic rings. The number of amides is 1. The van der Waals surface area contributed by atoms with E-state index in [1.807, 2.05) is 12.1 Å². The van der Waals surface area contributed by atoms with Gasteiger partial charge in [-0.25, -0.2) is 0 Å².